The minimum absolute atomic E-state index is 0.552. The molecule has 0 amide bonds. The zero-order valence-electron chi connectivity index (χ0n) is 9.07. The SMILES string of the molecule is C/C=C/CCNC1CSc2ccccc21. The molecule has 1 unspecified atom stereocenters. The Balaban J connectivity index is 1.90. The van der Waals surface area contributed by atoms with Gasteiger partial charge in [-0.05, 0) is 31.5 Å². The predicted molar refractivity (Wildman–Crippen MR) is 67.3 cm³/mol. The van der Waals surface area contributed by atoms with Crippen molar-refractivity contribution in [1.82, 2.24) is 5.32 Å². The summed E-state index contributed by atoms with van der Waals surface area (Å²) in [6.45, 7) is 3.14. The van der Waals surface area contributed by atoms with E-state index in [9.17, 15) is 0 Å². The van der Waals surface area contributed by atoms with E-state index in [1.165, 1.54) is 16.2 Å². The maximum atomic E-state index is 3.60. The Hall–Kier alpha value is -0.730. The molecule has 1 N–H and O–H groups in total. The summed E-state index contributed by atoms with van der Waals surface area (Å²) in [6.07, 6.45) is 5.44. The molecular formula is C13H17NS. The summed E-state index contributed by atoms with van der Waals surface area (Å²) in [7, 11) is 0. The first-order valence-corrected chi connectivity index (χ1v) is 6.46. The van der Waals surface area contributed by atoms with Gasteiger partial charge in [-0.2, -0.15) is 0 Å². The molecule has 0 radical (unpaired) electrons. The fraction of sp³-hybridized carbons (Fsp3) is 0.385. The summed E-state index contributed by atoms with van der Waals surface area (Å²) >= 11 is 1.96. The first kappa shape index (κ1) is 10.8. The van der Waals surface area contributed by atoms with Crippen molar-refractivity contribution in [3.05, 3.63) is 42.0 Å². The van der Waals surface area contributed by atoms with Crippen molar-refractivity contribution in [2.45, 2.75) is 24.3 Å². The first-order chi connectivity index (χ1) is 7.42. The van der Waals surface area contributed by atoms with Crippen molar-refractivity contribution >= 4 is 11.8 Å². The van der Waals surface area contributed by atoms with Crippen LogP contribution in [-0.2, 0) is 0 Å². The van der Waals surface area contributed by atoms with Gasteiger partial charge < -0.3 is 5.32 Å². The normalized spacial score (nSPS) is 19.7. The van der Waals surface area contributed by atoms with Crippen LogP contribution in [0.3, 0.4) is 0 Å². The van der Waals surface area contributed by atoms with Crippen LogP contribution >= 0.6 is 11.8 Å². The molecule has 2 heteroatoms. The maximum Gasteiger partial charge on any atom is 0.0426 e. The topological polar surface area (TPSA) is 12.0 Å². The molecule has 0 spiro atoms. The zero-order valence-corrected chi connectivity index (χ0v) is 9.89. The monoisotopic (exact) mass is 219 g/mol. The van der Waals surface area contributed by atoms with E-state index in [-0.39, 0.29) is 0 Å². The third-order valence-corrected chi connectivity index (χ3v) is 3.82. The second-order valence-electron chi connectivity index (χ2n) is 3.71. The minimum Gasteiger partial charge on any atom is -0.309 e. The fourth-order valence-electron chi connectivity index (χ4n) is 1.84. The summed E-state index contributed by atoms with van der Waals surface area (Å²) in [5.41, 5.74) is 1.47. The molecule has 0 fully saturated rings. The van der Waals surface area contributed by atoms with Crippen LogP contribution < -0.4 is 5.32 Å². The zero-order chi connectivity index (χ0) is 10.5. The van der Waals surface area contributed by atoms with E-state index >= 15 is 0 Å². The predicted octanol–water partition coefficient (Wildman–Crippen LogP) is 3.39. The number of thioether (sulfide) groups is 1. The van der Waals surface area contributed by atoms with Crippen molar-refractivity contribution in [3.8, 4) is 0 Å². The highest BCUT2D eigenvalue weighted by Gasteiger charge is 2.21. The highest BCUT2D eigenvalue weighted by atomic mass is 32.2. The molecule has 0 saturated heterocycles. The number of benzene rings is 1. The molecule has 80 valence electrons. The van der Waals surface area contributed by atoms with Gasteiger partial charge in [-0.15, -0.1) is 11.8 Å². The van der Waals surface area contributed by atoms with Gasteiger partial charge in [0.05, 0.1) is 0 Å². The number of fused-ring (bicyclic) bond motifs is 1. The summed E-state index contributed by atoms with van der Waals surface area (Å²) in [5, 5.41) is 3.60. The van der Waals surface area contributed by atoms with Gasteiger partial charge in [-0.25, -0.2) is 0 Å². The van der Waals surface area contributed by atoms with Crippen molar-refractivity contribution < 1.29 is 0 Å². The van der Waals surface area contributed by atoms with E-state index in [2.05, 4.69) is 48.7 Å². The third kappa shape index (κ3) is 2.64. The lowest BCUT2D eigenvalue weighted by atomic mass is 10.1. The molecule has 1 nitrogen and oxygen atoms in total. The molecule has 1 heterocycles. The van der Waals surface area contributed by atoms with E-state index in [1.807, 2.05) is 11.8 Å². The summed E-state index contributed by atoms with van der Waals surface area (Å²) in [6, 6.07) is 9.26. The van der Waals surface area contributed by atoms with Crippen LogP contribution in [0.4, 0.5) is 0 Å². The van der Waals surface area contributed by atoms with Crippen LogP contribution in [0.15, 0.2) is 41.3 Å². The van der Waals surface area contributed by atoms with Crippen LogP contribution in [0.2, 0.25) is 0 Å². The van der Waals surface area contributed by atoms with E-state index in [0.717, 1.165) is 13.0 Å². The Bertz CT molecular complexity index is 346. The largest absolute Gasteiger partial charge is 0.309 e. The molecule has 1 aromatic rings. The number of hydrogen-bond donors (Lipinski definition) is 1. The van der Waals surface area contributed by atoms with E-state index in [4.69, 9.17) is 0 Å². The van der Waals surface area contributed by atoms with Gasteiger partial charge >= 0.3 is 0 Å². The Morgan fingerprint density at radius 3 is 3.20 bits per heavy atom. The van der Waals surface area contributed by atoms with Gasteiger partial charge in [-0.3, -0.25) is 0 Å². The van der Waals surface area contributed by atoms with Gasteiger partial charge in [0.1, 0.15) is 0 Å². The van der Waals surface area contributed by atoms with Crippen molar-refractivity contribution in [2.75, 3.05) is 12.3 Å². The van der Waals surface area contributed by atoms with E-state index in [1.54, 1.807) is 0 Å². The lowest BCUT2D eigenvalue weighted by molar-refractivity contribution is 0.590. The number of rotatable bonds is 4. The summed E-state index contributed by atoms with van der Waals surface area (Å²) in [5.74, 6) is 1.18. The number of hydrogen-bond acceptors (Lipinski definition) is 2. The number of allylic oxidation sites excluding steroid dienone is 1. The van der Waals surface area contributed by atoms with Gasteiger partial charge in [0.2, 0.25) is 0 Å². The average Bonchev–Trinajstić information content (AvgIpc) is 2.68. The van der Waals surface area contributed by atoms with Crippen LogP contribution in [0.25, 0.3) is 0 Å². The van der Waals surface area contributed by atoms with E-state index < -0.39 is 0 Å². The highest BCUT2D eigenvalue weighted by Crippen LogP contribution is 2.37. The average molecular weight is 219 g/mol. The van der Waals surface area contributed by atoms with Gasteiger partial charge in [0.15, 0.2) is 0 Å². The van der Waals surface area contributed by atoms with E-state index in [0.29, 0.717) is 6.04 Å². The Morgan fingerprint density at radius 1 is 1.47 bits per heavy atom. The second-order valence-corrected chi connectivity index (χ2v) is 4.78. The third-order valence-electron chi connectivity index (χ3n) is 2.64. The first-order valence-electron chi connectivity index (χ1n) is 5.48. The van der Waals surface area contributed by atoms with Crippen LogP contribution in [-0.4, -0.2) is 12.3 Å². The molecular weight excluding hydrogens is 202 g/mol. The molecule has 0 saturated carbocycles. The van der Waals surface area contributed by atoms with Crippen molar-refractivity contribution in [2.24, 2.45) is 0 Å². The standard InChI is InChI=1S/C13H17NS/c1-2-3-6-9-14-12-10-15-13-8-5-4-7-11(12)13/h2-5,7-8,12,14H,6,9-10H2,1H3/b3-2+. The van der Waals surface area contributed by atoms with Crippen LogP contribution in [0, 0.1) is 0 Å². The van der Waals surface area contributed by atoms with Gasteiger partial charge in [0, 0.05) is 16.7 Å². The Kier molecular flexibility index (Phi) is 3.87. The Morgan fingerprint density at radius 2 is 2.33 bits per heavy atom. The molecule has 2 rings (SSSR count). The molecule has 1 aliphatic heterocycles. The fourth-order valence-corrected chi connectivity index (χ4v) is 3.03. The maximum absolute atomic E-state index is 3.60. The smallest absolute Gasteiger partial charge is 0.0426 e. The van der Waals surface area contributed by atoms with Gasteiger partial charge in [-0.1, -0.05) is 30.4 Å². The molecule has 1 atom stereocenters. The lowest BCUT2D eigenvalue weighted by Crippen LogP contribution is -2.21. The van der Waals surface area contributed by atoms with Crippen molar-refractivity contribution in [1.29, 1.82) is 0 Å². The minimum atomic E-state index is 0.552. The molecule has 0 bridgehead atoms. The molecule has 15 heavy (non-hydrogen) atoms. The quantitative estimate of drug-likeness (QED) is 0.615. The molecule has 1 aromatic carbocycles. The highest BCUT2D eigenvalue weighted by molar-refractivity contribution is 7.99. The molecule has 0 aromatic heterocycles. The van der Waals surface area contributed by atoms with Crippen LogP contribution in [0.1, 0.15) is 24.9 Å². The lowest BCUT2D eigenvalue weighted by Gasteiger charge is -2.11. The Labute approximate surface area is 96.0 Å². The number of nitrogens with one attached hydrogen (secondary N) is 1. The van der Waals surface area contributed by atoms with Gasteiger partial charge in [0.25, 0.3) is 0 Å². The molecule has 0 aliphatic carbocycles. The van der Waals surface area contributed by atoms with Crippen molar-refractivity contribution in [3.63, 3.8) is 0 Å². The van der Waals surface area contributed by atoms with Crippen LogP contribution in [0.5, 0.6) is 0 Å². The summed E-state index contributed by atoms with van der Waals surface area (Å²) in [4.78, 5) is 1.45. The summed E-state index contributed by atoms with van der Waals surface area (Å²) < 4.78 is 0. The second kappa shape index (κ2) is 5.38. The molecule has 1 aliphatic rings.